The van der Waals surface area contributed by atoms with Gasteiger partial charge in [0.2, 0.25) is 5.91 Å². The molecule has 2 amide bonds. The Morgan fingerprint density at radius 3 is 2.82 bits per heavy atom. The van der Waals surface area contributed by atoms with Crippen molar-refractivity contribution in [3.63, 3.8) is 0 Å². The zero-order valence-electron chi connectivity index (χ0n) is 15.8. The van der Waals surface area contributed by atoms with Gasteiger partial charge in [-0.15, -0.1) is 0 Å². The van der Waals surface area contributed by atoms with Crippen LogP contribution in [0, 0.1) is 5.92 Å². The van der Waals surface area contributed by atoms with Crippen LogP contribution in [0.1, 0.15) is 37.7 Å². The van der Waals surface area contributed by atoms with Crippen LogP contribution in [0.3, 0.4) is 0 Å². The van der Waals surface area contributed by atoms with Crippen molar-refractivity contribution < 1.29 is 19.1 Å². The molecule has 4 fully saturated rings. The van der Waals surface area contributed by atoms with Crippen molar-refractivity contribution in [1.29, 1.82) is 0 Å². The zero-order valence-corrected chi connectivity index (χ0v) is 15.8. The van der Waals surface area contributed by atoms with E-state index in [-0.39, 0.29) is 29.2 Å². The van der Waals surface area contributed by atoms with Crippen LogP contribution in [0.25, 0.3) is 0 Å². The fourth-order valence-electron chi connectivity index (χ4n) is 7.28. The van der Waals surface area contributed by atoms with Gasteiger partial charge >= 0.3 is 6.09 Å². The number of hydrogen-bond donors (Lipinski definition) is 0. The second-order valence-corrected chi connectivity index (χ2v) is 8.91. The maximum atomic E-state index is 13.4. The standard InChI is InChI=1S/C22H22N2O4/c1-28-19(27)24-16-5-3-2-4-14(16)21-10-11-23-18(26)6-7-20(23)8-9-22(21,24)15(12-20)17(25)13-21/h2-7,15H,8-13H2,1H3/t15-,20+,21+,22+/m0/s1. The molecular formula is C22H22N2O4. The smallest absolute Gasteiger partial charge is 0.414 e. The molecule has 2 aliphatic carbocycles. The first-order valence-electron chi connectivity index (χ1n) is 10.0. The van der Waals surface area contributed by atoms with Crippen LogP contribution in [0.4, 0.5) is 10.5 Å². The minimum atomic E-state index is -0.586. The molecule has 7 rings (SSSR count). The lowest BCUT2D eigenvalue weighted by atomic mass is 9.56. The Bertz CT molecular complexity index is 987. The van der Waals surface area contributed by atoms with E-state index in [1.807, 2.05) is 29.2 Å². The molecule has 0 radical (unpaired) electrons. The average molecular weight is 378 g/mol. The van der Waals surface area contributed by atoms with E-state index < -0.39 is 11.0 Å². The Labute approximate surface area is 163 Å². The third-order valence-corrected chi connectivity index (χ3v) is 8.29. The summed E-state index contributed by atoms with van der Waals surface area (Å²) < 4.78 is 5.21. The molecule has 4 bridgehead atoms. The van der Waals surface area contributed by atoms with Crippen LogP contribution in [-0.2, 0) is 19.7 Å². The van der Waals surface area contributed by atoms with Crippen LogP contribution in [0.15, 0.2) is 36.4 Å². The van der Waals surface area contributed by atoms with E-state index in [2.05, 4.69) is 6.07 Å². The second kappa shape index (κ2) is 4.85. The number of amides is 2. The van der Waals surface area contributed by atoms with E-state index >= 15 is 0 Å². The van der Waals surface area contributed by atoms with Crippen molar-refractivity contribution in [2.75, 3.05) is 18.6 Å². The van der Waals surface area contributed by atoms with Gasteiger partial charge in [-0.05, 0) is 37.3 Å². The van der Waals surface area contributed by atoms with E-state index in [9.17, 15) is 14.4 Å². The van der Waals surface area contributed by atoms with Gasteiger partial charge in [-0.2, -0.15) is 0 Å². The summed E-state index contributed by atoms with van der Waals surface area (Å²) >= 11 is 0. The number of para-hydroxylation sites is 1. The van der Waals surface area contributed by atoms with Crippen LogP contribution >= 0.6 is 0 Å². The first kappa shape index (κ1) is 16.3. The number of fused-ring (bicyclic) bond motifs is 3. The maximum Gasteiger partial charge on any atom is 0.414 e. The molecule has 0 unspecified atom stereocenters. The highest BCUT2D eigenvalue weighted by atomic mass is 16.5. The van der Waals surface area contributed by atoms with Crippen molar-refractivity contribution >= 4 is 23.5 Å². The molecule has 2 saturated carbocycles. The molecule has 1 aromatic carbocycles. The Balaban J connectivity index is 1.64. The van der Waals surface area contributed by atoms with Crippen molar-refractivity contribution in [3.05, 3.63) is 42.0 Å². The van der Waals surface area contributed by atoms with Crippen LogP contribution in [-0.4, -0.2) is 47.4 Å². The molecule has 2 spiro atoms. The minimum Gasteiger partial charge on any atom is -0.452 e. The fraction of sp³-hybridized carbons (Fsp3) is 0.500. The molecule has 4 atom stereocenters. The summed E-state index contributed by atoms with van der Waals surface area (Å²) in [4.78, 5) is 42.8. The Morgan fingerprint density at radius 2 is 2.00 bits per heavy atom. The fourth-order valence-corrected chi connectivity index (χ4v) is 7.28. The van der Waals surface area contributed by atoms with Crippen molar-refractivity contribution in [1.82, 2.24) is 4.90 Å². The van der Waals surface area contributed by atoms with Gasteiger partial charge in [-0.25, -0.2) is 4.79 Å². The molecule has 1 aromatic rings. The lowest BCUT2D eigenvalue weighted by molar-refractivity contribution is -0.135. The van der Waals surface area contributed by atoms with Crippen LogP contribution in [0.5, 0.6) is 0 Å². The third kappa shape index (κ3) is 1.50. The van der Waals surface area contributed by atoms with Gasteiger partial charge in [-0.1, -0.05) is 24.3 Å². The molecule has 144 valence electrons. The molecule has 2 saturated heterocycles. The lowest BCUT2D eigenvalue weighted by Gasteiger charge is -2.58. The van der Waals surface area contributed by atoms with E-state index in [1.165, 1.54) is 7.11 Å². The van der Waals surface area contributed by atoms with E-state index in [0.717, 1.165) is 17.7 Å². The number of ether oxygens (including phenoxy) is 1. The van der Waals surface area contributed by atoms with Gasteiger partial charge in [0.1, 0.15) is 5.78 Å². The van der Waals surface area contributed by atoms with Crippen molar-refractivity contribution in [2.45, 2.75) is 48.6 Å². The number of nitrogens with zero attached hydrogens (tertiary/aromatic N) is 2. The molecule has 4 aliphatic heterocycles. The summed E-state index contributed by atoms with van der Waals surface area (Å²) in [7, 11) is 1.41. The summed E-state index contributed by atoms with van der Waals surface area (Å²) in [6.45, 7) is 0.608. The lowest BCUT2D eigenvalue weighted by Crippen LogP contribution is -2.68. The highest BCUT2D eigenvalue weighted by molar-refractivity contribution is 6.02. The number of methoxy groups -OCH3 is 1. The van der Waals surface area contributed by atoms with E-state index in [0.29, 0.717) is 32.2 Å². The Morgan fingerprint density at radius 1 is 1.18 bits per heavy atom. The van der Waals surface area contributed by atoms with Gasteiger partial charge in [0, 0.05) is 30.4 Å². The molecule has 6 heteroatoms. The largest absolute Gasteiger partial charge is 0.452 e. The monoisotopic (exact) mass is 378 g/mol. The zero-order chi connectivity index (χ0) is 19.3. The highest BCUT2D eigenvalue weighted by Gasteiger charge is 2.76. The van der Waals surface area contributed by atoms with Crippen LogP contribution < -0.4 is 4.90 Å². The van der Waals surface area contributed by atoms with E-state index in [4.69, 9.17) is 4.74 Å². The molecule has 0 N–H and O–H groups in total. The molecule has 0 aromatic heterocycles. The van der Waals surface area contributed by atoms with Gasteiger partial charge in [0.15, 0.2) is 0 Å². The van der Waals surface area contributed by atoms with Gasteiger partial charge in [-0.3, -0.25) is 14.5 Å². The maximum absolute atomic E-state index is 13.4. The van der Waals surface area contributed by atoms with Gasteiger partial charge < -0.3 is 9.64 Å². The first-order chi connectivity index (χ1) is 13.5. The average Bonchev–Trinajstić information content (AvgIpc) is 3.21. The van der Waals surface area contributed by atoms with Gasteiger partial charge in [0.25, 0.3) is 0 Å². The van der Waals surface area contributed by atoms with E-state index in [1.54, 1.807) is 11.0 Å². The number of benzene rings is 1. The number of rotatable bonds is 0. The van der Waals surface area contributed by atoms with Crippen LogP contribution in [0.2, 0.25) is 0 Å². The second-order valence-electron chi connectivity index (χ2n) is 8.91. The SMILES string of the molecule is COC(=O)N1c2ccccc2[C@]23CCN4C(=O)C=C[C@]45CC[C@]12[C@@H](C5)C(=O)C3. The normalized spacial score (nSPS) is 39.5. The minimum absolute atomic E-state index is 0.0498. The number of carbonyl (C=O) groups is 3. The Hall–Kier alpha value is -2.63. The summed E-state index contributed by atoms with van der Waals surface area (Å²) in [5.41, 5.74) is 0.513. The number of ketones is 1. The molecule has 28 heavy (non-hydrogen) atoms. The molecule has 4 heterocycles. The predicted molar refractivity (Wildman–Crippen MR) is 101 cm³/mol. The first-order valence-corrected chi connectivity index (χ1v) is 10.0. The topological polar surface area (TPSA) is 66.9 Å². The quantitative estimate of drug-likeness (QED) is 0.696. The summed E-state index contributed by atoms with van der Waals surface area (Å²) in [5, 5.41) is 0. The summed E-state index contributed by atoms with van der Waals surface area (Å²) in [5.74, 6) is -0.0167. The number of Topliss-reactive ketones (excluding diaryl/α,β-unsaturated/α-hetero) is 1. The number of hydrogen-bond acceptors (Lipinski definition) is 4. The molecule has 6 aliphatic rings. The molecular weight excluding hydrogens is 356 g/mol. The Kier molecular flexibility index (Phi) is 2.83. The van der Waals surface area contributed by atoms with Crippen molar-refractivity contribution in [2.24, 2.45) is 5.92 Å². The van der Waals surface area contributed by atoms with Gasteiger partial charge in [0.05, 0.1) is 23.9 Å². The number of anilines is 1. The third-order valence-electron chi connectivity index (χ3n) is 8.29. The number of carbonyl (C=O) groups excluding carboxylic acids is 3. The predicted octanol–water partition coefficient (Wildman–Crippen LogP) is 2.56. The molecule has 6 nitrogen and oxygen atoms in total. The highest BCUT2D eigenvalue weighted by Crippen LogP contribution is 2.69. The van der Waals surface area contributed by atoms with Crippen molar-refractivity contribution in [3.8, 4) is 0 Å². The summed E-state index contributed by atoms with van der Waals surface area (Å²) in [6.07, 6.45) is 6.46. The summed E-state index contributed by atoms with van der Waals surface area (Å²) in [6, 6.07) is 7.94.